The molecule has 2 fully saturated rings. The normalized spacial score (nSPS) is 27.2. The first-order chi connectivity index (χ1) is 26.7. The molecule has 4 aromatic carbocycles. The minimum atomic E-state index is 0.0381. The van der Waals surface area contributed by atoms with Crippen LogP contribution in [-0.4, -0.2) is 21.0 Å². The van der Waals surface area contributed by atoms with Crippen LogP contribution in [0.25, 0.3) is 33.4 Å². The molecule has 4 heteroatoms. The van der Waals surface area contributed by atoms with Crippen LogP contribution >= 0.6 is 0 Å². The number of anilines is 4. The molecule has 0 bridgehead atoms. The van der Waals surface area contributed by atoms with Crippen LogP contribution in [0.4, 0.5) is 22.7 Å². The summed E-state index contributed by atoms with van der Waals surface area (Å²) in [5, 5.41) is 0. The lowest BCUT2D eigenvalue weighted by molar-refractivity contribution is 0.195. The monoisotopic (exact) mass is 718 g/mol. The highest BCUT2D eigenvalue weighted by atomic mass is 15.3. The van der Waals surface area contributed by atoms with Crippen molar-refractivity contribution in [3.05, 3.63) is 144 Å². The van der Waals surface area contributed by atoms with Gasteiger partial charge in [0.2, 0.25) is 0 Å². The molecule has 2 aliphatic heterocycles. The van der Waals surface area contributed by atoms with Gasteiger partial charge in [0.05, 0.1) is 11.1 Å². The van der Waals surface area contributed by atoms with Crippen LogP contribution in [0.5, 0.6) is 0 Å². The van der Waals surface area contributed by atoms with Gasteiger partial charge in [0.25, 0.3) is 0 Å². The van der Waals surface area contributed by atoms with Gasteiger partial charge in [-0.1, -0.05) is 88.1 Å². The smallest absolute Gasteiger partial charge is 0.0517 e. The highest BCUT2D eigenvalue weighted by molar-refractivity contribution is 5.86. The fourth-order valence-electron chi connectivity index (χ4n) is 12.2. The van der Waals surface area contributed by atoms with Gasteiger partial charge in [0, 0.05) is 58.4 Å². The summed E-state index contributed by atoms with van der Waals surface area (Å²) in [4.78, 5) is 14.0. The Balaban J connectivity index is 0.926. The second-order valence-corrected chi connectivity index (χ2v) is 18.1. The number of hydrogen-bond donors (Lipinski definition) is 0. The van der Waals surface area contributed by atoms with Gasteiger partial charge in [0.1, 0.15) is 0 Å². The molecule has 55 heavy (non-hydrogen) atoms. The molecule has 0 N–H and O–H groups in total. The first-order valence-corrected chi connectivity index (χ1v) is 20.7. The molecular weight excluding hydrogens is 669 g/mol. The number of rotatable bonds is 4. The van der Waals surface area contributed by atoms with E-state index in [2.05, 4.69) is 145 Å². The molecule has 0 saturated heterocycles. The Morgan fingerprint density at radius 3 is 1.25 bits per heavy atom. The molecule has 11 rings (SSSR count). The number of nitrogens with zero attached hydrogens (tertiary/aromatic N) is 4. The van der Waals surface area contributed by atoms with E-state index in [1.165, 1.54) is 130 Å². The summed E-state index contributed by atoms with van der Waals surface area (Å²) in [5.74, 6) is 0. The molecule has 5 aliphatic rings. The van der Waals surface area contributed by atoms with E-state index < -0.39 is 0 Å². The van der Waals surface area contributed by atoms with Crippen LogP contribution in [0.1, 0.15) is 101 Å². The molecule has 0 radical (unpaired) electrons. The summed E-state index contributed by atoms with van der Waals surface area (Å²) in [7, 11) is 0. The molecule has 4 unspecified atom stereocenters. The minimum Gasteiger partial charge on any atom is -0.334 e. The van der Waals surface area contributed by atoms with Crippen LogP contribution in [0.3, 0.4) is 0 Å². The van der Waals surface area contributed by atoms with E-state index in [-0.39, 0.29) is 21.9 Å². The van der Waals surface area contributed by atoms with Crippen molar-refractivity contribution in [3.63, 3.8) is 0 Å². The maximum Gasteiger partial charge on any atom is 0.0517 e. The molecule has 3 aliphatic carbocycles. The van der Waals surface area contributed by atoms with Gasteiger partial charge in [-0.05, 0) is 150 Å². The largest absolute Gasteiger partial charge is 0.334 e. The van der Waals surface area contributed by atoms with Crippen LogP contribution in [0.2, 0.25) is 0 Å². The van der Waals surface area contributed by atoms with Crippen LogP contribution < -0.4 is 9.80 Å². The van der Waals surface area contributed by atoms with Gasteiger partial charge in [0.15, 0.2) is 0 Å². The lowest BCUT2D eigenvalue weighted by Gasteiger charge is -2.50. The minimum absolute atomic E-state index is 0.0381. The van der Waals surface area contributed by atoms with Crippen molar-refractivity contribution in [2.45, 2.75) is 107 Å². The van der Waals surface area contributed by atoms with E-state index >= 15 is 0 Å². The molecule has 2 aromatic heterocycles. The van der Waals surface area contributed by atoms with Gasteiger partial charge in [-0.2, -0.15) is 0 Å². The third-order valence-corrected chi connectivity index (χ3v) is 15.6. The summed E-state index contributed by atoms with van der Waals surface area (Å²) >= 11 is 0. The van der Waals surface area contributed by atoms with Crippen LogP contribution in [0.15, 0.2) is 122 Å². The summed E-state index contributed by atoms with van der Waals surface area (Å²) < 4.78 is 0. The molecule has 0 spiro atoms. The maximum absolute atomic E-state index is 4.35. The van der Waals surface area contributed by atoms with Crippen molar-refractivity contribution in [1.82, 2.24) is 9.97 Å². The predicted molar refractivity (Wildman–Crippen MR) is 227 cm³/mol. The lowest BCUT2D eigenvalue weighted by Crippen LogP contribution is -2.54. The Morgan fingerprint density at radius 2 is 0.818 bits per heavy atom. The number of fused-ring (bicyclic) bond motifs is 9. The maximum atomic E-state index is 4.35. The Hall–Kier alpha value is -5.22. The zero-order chi connectivity index (χ0) is 37.2. The van der Waals surface area contributed by atoms with Crippen LogP contribution in [0, 0.1) is 0 Å². The van der Waals surface area contributed by atoms with Crippen molar-refractivity contribution in [3.8, 4) is 33.4 Å². The highest BCUT2D eigenvalue weighted by Crippen LogP contribution is 2.62. The zero-order valence-electron chi connectivity index (χ0n) is 32.7. The number of hydrogen-bond acceptors (Lipinski definition) is 4. The van der Waals surface area contributed by atoms with E-state index in [1.54, 1.807) is 0 Å². The van der Waals surface area contributed by atoms with Crippen molar-refractivity contribution < 1.29 is 0 Å². The lowest BCUT2D eigenvalue weighted by atomic mass is 9.61. The number of benzene rings is 4. The molecule has 4 nitrogen and oxygen atoms in total. The van der Waals surface area contributed by atoms with Crippen molar-refractivity contribution in [1.29, 1.82) is 0 Å². The van der Waals surface area contributed by atoms with E-state index in [0.717, 1.165) is 6.42 Å². The molecule has 2 saturated carbocycles. The predicted octanol–water partition coefficient (Wildman–Crippen LogP) is 12.9. The molecule has 4 atom stereocenters. The fourth-order valence-corrected chi connectivity index (χ4v) is 12.2. The second-order valence-electron chi connectivity index (χ2n) is 18.1. The quantitative estimate of drug-likeness (QED) is 0.181. The van der Waals surface area contributed by atoms with Gasteiger partial charge >= 0.3 is 0 Å². The zero-order valence-corrected chi connectivity index (χ0v) is 32.7. The summed E-state index contributed by atoms with van der Waals surface area (Å²) in [6.45, 7) is 10.1. The molecule has 274 valence electrons. The summed E-state index contributed by atoms with van der Waals surface area (Å²) in [6, 6.07) is 37.7. The standard InChI is InChI=1S/C51H50N4/c1-48-21-5-7-23-50(48,3)54(40-17-25-52-26-18-40)46-15-11-36(32-44(46)48)34-9-13-42-38(29-34)31-39-30-35(10-14-43(39)42)37-12-16-47-45(33-37)49(2)22-6-8-24-51(49,4)55(47)41-19-27-53-28-20-41/h9-20,25-30,32-33H,5-8,21-24,31H2,1-4H3. The fraction of sp³-hybridized carbons (Fsp3) is 0.333. The van der Waals surface area contributed by atoms with Crippen molar-refractivity contribution in [2.24, 2.45) is 0 Å². The molecule has 0 amide bonds. The van der Waals surface area contributed by atoms with Crippen molar-refractivity contribution in [2.75, 3.05) is 9.80 Å². The first kappa shape index (κ1) is 33.1. The third kappa shape index (κ3) is 4.46. The van der Waals surface area contributed by atoms with E-state index in [0.29, 0.717) is 0 Å². The van der Waals surface area contributed by atoms with E-state index in [9.17, 15) is 0 Å². The Morgan fingerprint density at radius 1 is 0.436 bits per heavy atom. The number of aromatic nitrogens is 2. The van der Waals surface area contributed by atoms with E-state index in [4.69, 9.17) is 0 Å². The topological polar surface area (TPSA) is 32.3 Å². The van der Waals surface area contributed by atoms with Gasteiger partial charge in [-0.25, -0.2) is 0 Å². The average Bonchev–Trinajstić information content (AvgIpc) is 3.76. The summed E-state index contributed by atoms with van der Waals surface area (Å²) in [6.07, 6.45) is 18.7. The molecule has 4 heterocycles. The van der Waals surface area contributed by atoms with Crippen LogP contribution in [-0.2, 0) is 17.3 Å². The average molecular weight is 719 g/mol. The second kappa shape index (κ2) is 11.6. The van der Waals surface area contributed by atoms with Gasteiger partial charge in [-0.15, -0.1) is 0 Å². The first-order valence-electron chi connectivity index (χ1n) is 20.7. The molecule has 6 aromatic rings. The van der Waals surface area contributed by atoms with Gasteiger partial charge in [-0.3, -0.25) is 9.97 Å². The van der Waals surface area contributed by atoms with Crippen molar-refractivity contribution >= 4 is 22.7 Å². The van der Waals surface area contributed by atoms with Gasteiger partial charge < -0.3 is 9.80 Å². The molecular formula is C51H50N4. The number of pyridine rings is 2. The Kier molecular flexibility index (Phi) is 7.02. The Labute approximate surface area is 326 Å². The summed E-state index contributed by atoms with van der Waals surface area (Å²) in [5.41, 5.74) is 19.4. The Bertz CT molecular complexity index is 2330. The van der Waals surface area contributed by atoms with E-state index in [1.807, 2.05) is 24.8 Å². The third-order valence-electron chi connectivity index (χ3n) is 15.6. The SMILES string of the molecule is CC12CCCCC1(C)N(c1ccncc1)c1ccc(-c3ccc4c(c3)Cc3cc(-c5ccc6c(c5)C5(C)CCCCC5(C)N6c5ccncc5)ccc3-4)cc12. The highest BCUT2D eigenvalue weighted by Gasteiger charge is 2.59.